The van der Waals surface area contributed by atoms with Crippen molar-refractivity contribution < 1.29 is 4.79 Å². The molecule has 0 radical (unpaired) electrons. The van der Waals surface area contributed by atoms with Gasteiger partial charge in [0.2, 0.25) is 0 Å². The summed E-state index contributed by atoms with van der Waals surface area (Å²) in [5.74, 6) is 0.0993. The van der Waals surface area contributed by atoms with E-state index < -0.39 is 0 Å². The predicted octanol–water partition coefficient (Wildman–Crippen LogP) is 5.83. The quantitative estimate of drug-likeness (QED) is 0.405. The average molecular weight is 439 g/mol. The number of amides is 1. The first kappa shape index (κ1) is 23.0. The molecule has 0 bridgehead atoms. The molecular formula is C25H31ClN4O. The summed E-state index contributed by atoms with van der Waals surface area (Å²) >= 11 is 6.08. The summed E-state index contributed by atoms with van der Waals surface area (Å²) in [6, 6.07) is 15.3. The van der Waals surface area contributed by atoms with Crippen LogP contribution in [0.25, 0.3) is 10.9 Å². The second-order valence-corrected chi connectivity index (χ2v) is 8.46. The van der Waals surface area contributed by atoms with Crippen molar-refractivity contribution in [2.24, 2.45) is 0 Å². The zero-order valence-electron chi connectivity index (χ0n) is 18.6. The van der Waals surface area contributed by atoms with E-state index in [1.54, 1.807) is 6.20 Å². The van der Waals surface area contributed by atoms with Crippen LogP contribution in [-0.4, -0.2) is 54.4 Å². The van der Waals surface area contributed by atoms with Crippen LogP contribution < -0.4 is 5.32 Å². The van der Waals surface area contributed by atoms with Gasteiger partial charge in [0.15, 0.2) is 0 Å². The molecule has 0 saturated heterocycles. The Labute approximate surface area is 190 Å². The third-order valence-corrected chi connectivity index (χ3v) is 5.41. The van der Waals surface area contributed by atoms with E-state index >= 15 is 0 Å². The standard InChI is InChI=1S/C25H31ClN4O/c1-4-15-30(17-6-5-16-29(2)3)25(31)19-7-10-21(11-8-19)28-23-13-14-27-24-18-20(26)9-12-22(23)24/h7-14,18H,4-6,15-17H2,1-3H3,(H,27,28). The van der Waals surface area contributed by atoms with E-state index in [0.29, 0.717) is 5.02 Å². The van der Waals surface area contributed by atoms with Crippen molar-refractivity contribution >= 4 is 39.8 Å². The highest BCUT2D eigenvalue weighted by molar-refractivity contribution is 6.31. The smallest absolute Gasteiger partial charge is 0.253 e. The summed E-state index contributed by atoms with van der Waals surface area (Å²) < 4.78 is 0. The summed E-state index contributed by atoms with van der Waals surface area (Å²) in [5.41, 5.74) is 3.44. The van der Waals surface area contributed by atoms with Crippen LogP contribution in [0.4, 0.5) is 11.4 Å². The van der Waals surface area contributed by atoms with Gasteiger partial charge in [0.05, 0.1) is 5.52 Å². The molecule has 0 atom stereocenters. The number of aromatic nitrogens is 1. The molecule has 0 fully saturated rings. The van der Waals surface area contributed by atoms with E-state index in [0.717, 1.165) is 66.7 Å². The van der Waals surface area contributed by atoms with E-state index in [4.69, 9.17) is 11.6 Å². The van der Waals surface area contributed by atoms with Crippen molar-refractivity contribution in [1.29, 1.82) is 0 Å². The fourth-order valence-electron chi connectivity index (χ4n) is 3.58. The number of carbonyl (C=O) groups excluding carboxylic acids is 1. The Bertz CT molecular complexity index is 1000. The van der Waals surface area contributed by atoms with Crippen LogP contribution in [0.1, 0.15) is 36.5 Å². The topological polar surface area (TPSA) is 48.5 Å². The molecule has 1 aromatic heterocycles. The van der Waals surface area contributed by atoms with Crippen LogP contribution in [0.15, 0.2) is 54.7 Å². The van der Waals surface area contributed by atoms with Gasteiger partial charge in [-0.15, -0.1) is 0 Å². The fraction of sp³-hybridized carbons (Fsp3) is 0.360. The molecule has 0 unspecified atom stereocenters. The van der Waals surface area contributed by atoms with Gasteiger partial charge in [-0.1, -0.05) is 18.5 Å². The molecule has 3 rings (SSSR count). The summed E-state index contributed by atoms with van der Waals surface area (Å²) in [6.45, 7) is 4.74. The van der Waals surface area contributed by atoms with E-state index in [-0.39, 0.29) is 5.91 Å². The second kappa shape index (κ2) is 11.1. The van der Waals surface area contributed by atoms with Crippen LogP contribution in [0.2, 0.25) is 5.02 Å². The third kappa shape index (κ3) is 6.42. The van der Waals surface area contributed by atoms with Gasteiger partial charge >= 0.3 is 0 Å². The summed E-state index contributed by atoms with van der Waals surface area (Å²) in [4.78, 5) is 21.5. The molecule has 0 aliphatic carbocycles. The number of benzene rings is 2. The second-order valence-electron chi connectivity index (χ2n) is 8.02. The number of nitrogens with one attached hydrogen (secondary N) is 1. The zero-order chi connectivity index (χ0) is 22.2. The SMILES string of the molecule is CCCN(CCCCN(C)C)C(=O)c1ccc(Nc2ccnc3cc(Cl)ccc23)cc1. The van der Waals surface area contributed by atoms with Crippen LogP contribution >= 0.6 is 11.6 Å². The van der Waals surface area contributed by atoms with Crippen molar-refractivity contribution in [1.82, 2.24) is 14.8 Å². The lowest BCUT2D eigenvalue weighted by atomic mass is 10.1. The molecule has 0 aliphatic heterocycles. The molecule has 0 spiro atoms. The van der Waals surface area contributed by atoms with Crippen molar-refractivity contribution in [3.05, 3.63) is 65.3 Å². The van der Waals surface area contributed by atoms with Crippen molar-refractivity contribution in [3.8, 4) is 0 Å². The molecular weight excluding hydrogens is 408 g/mol. The minimum atomic E-state index is 0.0993. The van der Waals surface area contributed by atoms with Gasteiger partial charge in [-0.3, -0.25) is 9.78 Å². The van der Waals surface area contributed by atoms with E-state index in [2.05, 4.69) is 36.2 Å². The number of anilines is 2. The van der Waals surface area contributed by atoms with Gasteiger partial charge in [0.25, 0.3) is 5.91 Å². The molecule has 3 aromatic rings. The Kier molecular flexibility index (Phi) is 8.27. The van der Waals surface area contributed by atoms with Crippen LogP contribution in [0.5, 0.6) is 0 Å². The van der Waals surface area contributed by atoms with Gasteiger partial charge in [0.1, 0.15) is 0 Å². The summed E-state index contributed by atoms with van der Waals surface area (Å²) in [6.07, 6.45) is 4.83. The predicted molar refractivity (Wildman–Crippen MR) is 130 cm³/mol. The van der Waals surface area contributed by atoms with Gasteiger partial charge in [0, 0.05) is 46.6 Å². The van der Waals surface area contributed by atoms with Crippen molar-refractivity contribution in [2.45, 2.75) is 26.2 Å². The molecule has 1 amide bonds. The Morgan fingerprint density at radius 2 is 1.74 bits per heavy atom. The van der Waals surface area contributed by atoms with Gasteiger partial charge in [-0.05, 0) is 88.4 Å². The first-order valence-electron chi connectivity index (χ1n) is 10.8. The average Bonchev–Trinajstić information content (AvgIpc) is 2.76. The van der Waals surface area contributed by atoms with Gasteiger partial charge < -0.3 is 15.1 Å². The number of rotatable bonds is 10. The minimum Gasteiger partial charge on any atom is -0.355 e. The molecule has 5 nitrogen and oxygen atoms in total. The highest BCUT2D eigenvalue weighted by atomic mass is 35.5. The number of nitrogens with zero attached hydrogens (tertiary/aromatic N) is 3. The number of hydrogen-bond acceptors (Lipinski definition) is 4. The molecule has 6 heteroatoms. The Hall–Kier alpha value is -2.63. The normalized spacial score (nSPS) is 11.1. The maximum Gasteiger partial charge on any atom is 0.253 e. The van der Waals surface area contributed by atoms with Crippen molar-refractivity contribution in [2.75, 3.05) is 39.0 Å². The van der Waals surface area contributed by atoms with E-state index in [9.17, 15) is 4.79 Å². The number of hydrogen-bond donors (Lipinski definition) is 1. The molecule has 31 heavy (non-hydrogen) atoms. The number of halogens is 1. The first-order valence-corrected chi connectivity index (χ1v) is 11.2. The third-order valence-electron chi connectivity index (χ3n) is 5.18. The number of fused-ring (bicyclic) bond motifs is 1. The van der Waals surface area contributed by atoms with Gasteiger partial charge in [-0.2, -0.15) is 0 Å². The molecule has 164 valence electrons. The van der Waals surface area contributed by atoms with Crippen LogP contribution in [0, 0.1) is 0 Å². The maximum atomic E-state index is 13.0. The molecule has 1 heterocycles. The lowest BCUT2D eigenvalue weighted by molar-refractivity contribution is 0.0752. The van der Waals surface area contributed by atoms with E-state index in [1.165, 1.54) is 0 Å². The van der Waals surface area contributed by atoms with Crippen LogP contribution in [0.3, 0.4) is 0 Å². The Morgan fingerprint density at radius 3 is 2.45 bits per heavy atom. The number of pyridine rings is 1. The molecule has 0 aliphatic rings. The largest absolute Gasteiger partial charge is 0.355 e. The highest BCUT2D eigenvalue weighted by Gasteiger charge is 2.15. The Morgan fingerprint density at radius 1 is 1.00 bits per heavy atom. The zero-order valence-corrected chi connectivity index (χ0v) is 19.3. The first-order chi connectivity index (χ1) is 15.0. The van der Waals surface area contributed by atoms with Crippen molar-refractivity contribution in [3.63, 3.8) is 0 Å². The van der Waals surface area contributed by atoms with Crippen LogP contribution in [-0.2, 0) is 0 Å². The Balaban J connectivity index is 1.68. The molecule has 0 saturated carbocycles. The summed E-state index contributed by atoms with van der Waals surface area (Å²) in [7, 11) is 4.16. The maximum absolute atomic E-state index is 13.0. The minimum absolute atomic E-state index is 0.0993. The monoisotopic (exact) mass is 438 g/mol. The van der Waals surface area contributed by atoms with Gasteiger partial charge in [-0.25, -0.2) is 0 Å². The molecule has 1 N–H and O–H groups in total. The summed E-state index contributed by atoms with van der Waals surface area (Å²) in [5, 5.41) is 5.09. The number of unbranched alkanes of at least 4 members (excludes halogenated alkanes) is 1. The fourth-order valence-corrected chi connectivity index (χ4v) is 3.75. The number of carbonyl (C=O) groups is 1. The highest BCUT2D eigenvalue weighted by Crippen LogP contribution is 2.27. The lowest BCUT2D eigenvalue weighted by Gasteiger charge is -2.23. The lowest BCUT2D eigenvalue weighted by Crippen LogP contribution is -2.33. The molecule has 2 aromatic carbocycles. The van der Waals surface area contributed by atoms with E-state index in [1.807, 2.05) is 53.4 Å².